The summed E-state index contributed by atoms with van der Waals surface area (Å²) in [5.74, 6) is 0.713. The number of anilines is 2. The lowest BCUT2D eigenvalue weighted by molar-refractivity contribution is -0.137. The highest BCUT2D eigenvalue weighted by atomic mass is 19.4. The summed E-state index contributed by atoms with van der Waals surface area (Å²) in [7, 11) is 0. The maximum absolute atomic E-state index is 12.7. The van der Waals surface area contributed by atoms with E-state index in [1.807, 2.05) is 31.2 Å². The van der Waals surface area contributed by atoms with Gasteiger partial charge < -0.3 is 15.5 Å². The number of aliphatic hydroxyl groups is 2. The van der Waals surface area contributed by atoms with E-state index >= 15 is 0 Å². The number of nitrogens with one attached hydrogen (secondary N) is 1. The Hall–Kier alpha value is -3.56. The van der Waals surface area contributed by atoms with Gasteiger partial charge in [0.15, 0.2) is 0 Å². The lowest BCUT2D eigenvalue weighted by Gasteiger charge is -2.13. The van der Waals surface area contributed by atoms with E-state index < -0.39 is 17.8 Å². The Kier molecular flexibility index (Phi) is 5.77. The van der Waals surface area contributed by atoms with Crippen LogP contribution in [0.3, 0.4) is 0 Å². The van der Waals surface area contributed by atoms with Gasteiger partial charge in [0.25, 0.3) is 0 Å². The first-order valence-electron chi connectivity index (χ1n) is 9.71. The van der Waals surface area contributed by atoms with Crippen LogP contribution in [0.15, 0.2) is 61.1 Å². The minimum atomic E-state index is -4.44. The molecule has 9 heteroatoms. The molecule has 0 unspecified atom stereocenters. The molecule has 0 saturated heterocycles. The van der Waals surface area contributed by atoms with Crippen LogP contribution in [0.25, 0.3) is 22.0 Å². The molecule has 4 rings (SSSR count). The normalized spacial score (nSPS) is 12.7. The molecule has 4 aromatic rings. The van der Waals surface area contributed by atoms with Crippen molar-refractivity contribution in [2.75, 3.05) is 11.9 Å². The largest absolute Gasteiger partial charge is 0.417 e. The summed E-state index contributed by atoms with van der Waals surface area (Å²) in [4.78, 5) is 12.6. The summed E-state index contributed by atoms with van der Waals surface area (Å²) in [6.07, 6.45) is -1.52. The van der Waals surface area contributed by atoms with Gasteiger partial charge in [0.1, 0.15) is 17.7 Å². The second-order valence-electron chi connectivity index (χ2n) is 7.28. The van der Waals surface area contributed by atoms with Crippen LogP contribution in [0.2, 0.25) is 0 Å². The van der Waals surface area contributed by atoms with Gasteiger partial charge in [0, 0.05) is 35.1 Å². The van der Waals surface area contributed by atoms with Crippen LogP contribution in [-0.4, -0.2) is 31.8 Å². The highest BCUT2D eigenvalue weighted by Crippen LogP contribution is 2.32. The van der Waals surface area contributed by atoms with Gasteiger partial charge in [-0.1, -0.05) is 6.07 Å². The maximum Gasteiger partial charge on any atom is 0.417 e. The Labute approximate surface area is 181 Å². The van der Waals surface area contributed by atoms with Gasteiger partial charge in [-0.05, 0) is 54.3 Å². The summed E-state index contributed by atoms with van der Waals surface area (Å²) in [5.41, 5.74) is 2.14. The number of pyridine rings is 3. The molecule has 6 nitrogen and oxygen atoms in total. The molecule has 0 aliphatic heterocycles. The molecule has 0 aliphatic carbocycles. The first-order valence-corrected chi connectivity index (χ1v) is 9.71. The average molecular weight is 440 g/mol. The number of hydrogen-bond acceptors (Lipinski definition) is 6. The first kappa shape index (κ1) is 21.7. The minimum Gasteiger partial charge on any atom is -0.393 e. The fourth-order valence-corrected chi connectivity index (χ4v) is 3.37. The number of hydrogen-bond donors (Lipinski definition) is 3. The number of halogens is 3. The van der Waals surface area contributed by atoms with Crippen LogP contribution in [0, 0.1) is 6.92 Å². The van der Waals surface area contributed by atoms with Crippen LogP contribution in [0.4, 0.5) is 24.8 Å². The molecule has 0 radical (unpaired) electrons. The van der Waals surface area contributed by atoms with Crippen LogP contribution in [-0.2, 0) is 6.18 Å². The number of aromatic nitrogens is 3. The number of nitrogens with zero attached hydrogens (tertiary/aromatic N) is 3. The maximum atomic E-state index is 12.7. The number of benzene rings is 1. The fraction of sp³-hybridized carbons (Fsp3) is 0.174. The molecule has 0 aliphatic rings. The van der Waals surface area contributed by atoms with Crippen molar-refractivity contribution in [2.24, 2.45) is 0 Å². The summed E-state index contributed by atoms with van der Waals surface area (Å²) in [6.45, 7) is 1.49. The molecule has 0 fully saturated rings. The summed E-state index contributed by atoms with van der Waals surface area (Å²) in [6, 6.07) is 11.5. The first-order chi connectivity index (χ1) is 15.3. The third-order valence-corrected chi connectivity index (χ3v) is 5.03. The van der Waals surface area contributed by atoms with Gasteiger partial charge in [-0.15, -0.1) is 0 Å². The Balaban J connectivity index is 1.64. The molecule has 0 amide bonds. The van der Waals surface area contributed by atoms with Crippen molar-refractivity contribution in [1.29, 1.82) is 0 Å². The van der Waals surface area contributed by atoms with Crippen molar-refractivity contribution in [2.45, 2.75) is 19.2 Å². The highest BCUT2D eigenvalue weighted by molar-refractivity contribution is 5.95. The molecule has 1 atom stereocenters. The quantitative estimate of drug-likeness (QED) is 0.413. The standard InChI is InChI=1S/C23H19F3N4O2/c1-13-8-16(19(32)12-31)10-29-21(13)15-2-4-18-14(9-15)6-7-27-22(18)30-20-5-3-17(11-28-20)23(24,25)26/h2-11,19,31-32H,12H2,1H3,(H,27,28,30)/t19-/m0/s1. The zero-order valence-electron chi connectivity index (χ0n) is 16.9. The zero-order chi connectivity index (χ0) is 22.9. The third-order valence-electron chi connectivity index (χ3n) is 5.03. The van der Waals surface area contributed by atoms with Crippen molar-refractivity contribution in [1.82, 2.24) is 15.0 Å². The summed E-state index contributed by atoms with van der Waals surface area (Å²) < 4.78 is 38.2. The van der Waals surface area contributed by atoms with E-state index in [1.165, 1.54) is 12.3 Å². The molecule has 1 aromatic carbocycles. The topological polar surface area (TPSA) is 91.2 Å². The Morgan fingerprint density at radius 3 is 2.47 bits per heavy atom. The van der Waals surface area contributed by atoms with E-state index in [0.29, 0.717) is 11.4 Å². The lowest BCUT2D eigenvalue weighted by atomic mass is 10.0. The number of aliphatic hydroxyl groups excluding tert-OH is 2. The van der Waals surface area contributed by atoms with E-state index in [-0.39, 0.29) is 12.4 Å². The summed E-state index contributed by atoms with van der Waals surface area (Å²) >= 11 is 0. The fourth-order valence-electron chi connectivity index (χ4n) is 3.37. The number of alkyl halides is 3. The Bertz CT molecular complexity index is 1260. The summed E-state index contributed by atoms with van der Waals surface area (Å²) in [5, 5.41) is 23.5. The molecule has 3 heterocycles. The molecule has 0 spiro atoms. The predicted octanol–water partition coefficient (Wildman–Crippen LogP) is 4.79. The van der Waals surface area contributed by atoms with Gasteiger partial charge in [-0.2, -0.15) is 13.2 Å². The number of fused-ring (bicyclic) bond motifs is 1. The van der Waals surface area contributed by atoms with E-state index in [9.17, 15) is 18.3 Å². The van der Waals surface area contributed by atoms with Gasteiger partial charge in [0.05, 0.1) is 17.9 Å². The van der Waals surface area contributed by atoms with E-state index in [0.717, 1.165) is 39.9 Å². The molecular weight excluding hydrogens is 421 g/mol. The predicted molar refractivity (Wildman–Crippen MR) is 114 cm³/mol. The van der Waals surface area contributed by atoms with Crippen molar-refractivity contribution < 1.29 is 23.4 Å². The zero-order valence-corrected chi connectivity index (χ0v) is 16.9. The van der Waals surface area contributed by atoms with Crippen LogP contribution >= 0.6 is 0 Å². The monoisotopic (exact) mass is 440 g/mol. The second kappa shape index (κ2) is 8.52. The van der Waals surface area contributed by atoms with E-state index in [4.69, 9.17) is 5.11 Å². The van der Waals surface area contributed by atoms with Crippen molar-refractivity contribution in [3.8, 4) is 11.3 Å². The van der Waals surface area contributed by atoms with Crippen LogP contribution in [0.1, 0.15) is 22.8 Å². The smallest absolute Gasteiger partial charge is 0.393 e. The van der Waals surface area contributed by atoms with Crippen LogP contribution < -0.4 is 5.32 Å². The Morgan fingerprint density at radius 1 is 1.00 bits per heavy atom. The molecule has 3 aromatic heterocycles. The number of rotatable bonds is 5. The van der Waals surface area contributed by atoms with Crippen molar-refractivity contribution in [3.05, 3.63) is 77.7 Å². The van der Waals surface area contributed by atoms with Crippen molar-refractivity contribution in [3.63, 3.8) is 0 Å². The molecule has 164 valence electrons. The highest BCUT2D eigenvalue weighted by Gasteiger charge is 2.30. The molecule has 0 saturated carbocycles. The average Bonchev–Trinajstić information content (AvgIpc) is 2.78. The molecule has 3 N–H and O–H groups in total. The molecule has 0 bridgehead atoms. The van der Waals surface area contributed by atoms with Crippen molar-refractivity contribution >= 4 is 22.4 Å². The molecule has 32 heavy (non-hydrogen) atoms. The van der Waals surface area contributed by atoms with Gasteiger partial charge in [0.2, 0.25) is 0 Å². The van der Waals surface area contributed by atoms with Crippen LogP contribution in [0.5, 0.6) is 0 Å². The molecular formula is C23H19F3N4O2. The Morgan fingerprint density at radius 2 is 1.81 bits per heavy atom. The van der Waals surface area contributed by atoms with Gasteiger partial charge >= 0.3 is 6.18 Å². The van der Waals surface area contributed by atoms with E-state index in [1.54, 1.807) is 12.3 Å². The SMILES string of the molecule is Cc1cc([C@@H](O)CO)cnc1-c1ccc2c(Nc3ccc(C(F)(F)F)cn3)nccc2c1. The lowest BCUT2D eigenvalue weighted by Crippen LogP contribution is -2.06. The third kappa shape index (κ3) is 4.39. The minimum absolute atomic E-state index is 0.248. The number of aryl methyl sites for hydroxylation is 1. The van der Waals surface area contributed by atoms with Gasteiger partial charge in [-0.3, -0.25) is 4.98 Å². The van der Waals surface area contributed by atoms with Gasteiger partial charge in [-0.25, -0.2) is 9.97 Å². The second-order valence-corrected chi connectivity index (χ2v) is 7.28. The van der Waals surface area contributed by atoms with E-state index in [2.05, 4.69) is 20.3 Å².